The molecule has 0 saturated carbocycles. The molecule has 1 N–H and O–H groups in total. The van der Waals surface area contributed by atoms with Gasteiger partial charge in [-0.25, -0.2) is 9.50 Å². The minimum absolute atomic E-state index is 0.0976. The molecular weight excluding hydrogens is 476 g/mol. The molecule has 6 rings (SSSR count). The van der Waals surface area contributed by atoms with Crippen LogP contribution in [0.1, 0.15) is 33.8 Å². The van der Waals surface area contributed by atoms with Crippen molar-refractivity contribution in [3.63, 3.8) is 0 Å². The number of carbonyl (C=O) groups excluding carboxylic acids is 1. The smallest absolute Gasteiger partial charge is 0.312 e. The van der Waals surface area contributed by atoms with Gasteiger partial charge in [0, 0.05) is 35.5 Å². The molecular formula is C21H15BrN8O2. The van der Waals surface area contributed by atoms with Gasteiger partial charge in [0.25, 0.3) is 5.89 Å². The van der Waals surface area contributed by atoms with Gasteiger partial charge in [-0.2, -0.15) is 5.10 Å². The van der Waals surface area contributed by atoms with Crippen molar-refractivity contribution in [2.45, 2.75) is 12.5 Å². The van der Waals surface area contributed by atoms with Crippen LogP contribution in [0.4, 0.5) is 0 Å². The molecule has 11 heteroatoms. The minimum atomic E-state index is -0.491. The molecule has 1 unspecified atom stereocenters. The molecule has 6 heterocycles. The number of fused-ring (bicyclic) bond motifs is 2. The van der Waals surface area contributed by atoms with Crippen LogP contribution in [0.25, 0.3) is 17.1 Å². The van der Waals surface area contributed by atoms with Crippen LogP contribution in [0.5, 0.6) is 0 Å². The highest BCUT2D eigenvalue weighted by Crippen LogP contribution is 2.35. The standard InChI is InChI=1S/C21H15BrN8O2/c22-12-4-3-8-30-16(12)10-15(28-30)18-17-13(24-11-25-17)6-9-29(18)21(31)20-27-26-19(32-20)14-5-1-2-7-23-14/h1-5,7-8,10-11,18H,6,9H2,(H,24,25). The molecule has 1 atom stereocenters. The number of aromatic amines is 1. The largest absolute Gasteiger partial charge is 0.411 e. The van der Waals surface area contributed by atoms with Gasteiger partial charge < -0.3 is 14.3 Å². The van der Waals surface area contributed by atoms with Crippen molar-refractivity contribution in [2.75, 3.05) is 6.54 Å². The van der Waals surface area contributed by atoms with E-state index in [0.29, 0.717) is 24.4 Å². The van der Waals surface area contributed by atoms with E-state index in [2.05, 4.69) is 41.1 Å². The topological polar surface area (TPSA) is 118 Å². The van der Waals surface area contributed by atoms with Gasteiger partial charge in [0.2, 0.25) is 0 Å². The molecule has 0 spiro atoms. The van der Waals surface area contributed by atoms with Gasteiger partial charge in [-0.15, -0.1) is 10.2 Å². The summed E-state index contributed by atoms with van der Waals surface area (Å²) in [6.07, 6.45) is 5.77. The highest BCUT2D eigenvalue weighted by atomic mass is 79.9. The zero-order valence-corrected chi connectivity index (χ0v) is 18.1. The molecule has 0 aliphatic carbocycles. The molecule has 0 saturated heterocycles. The van der Waals surface area contributed by atoms with Crippen molar-refractivity contribution in [3.05, 3.63) is 82.6 Å². The van der Waals surface area contributed by atoms with E-state index >= 15 is 0 Å². The first-order valence-corrected chi connectivity index (χ1v) is 10.7. The molecule has 32 heavy (non-hydrogen) atoms. The number of imidazole rings is 1. The second kappa shape index (κ2) is 7.38. The molecule has 5 aromatic heterocycles. The quantitative estimate of drug-likeness (QED) is 0.412. The number of nitrogens with zero attached hydrogens (tertiary/aromatic N) is 7. The maximum atomic E-state index is 13.5. The second-order valence-corrected chi connectivity index (χ2v) is 8.15. The summed E-state index contributed by atoms with van der Waals surface area (Å²) in [7, 11) is 0. The molecule has 1 aliphatic heterocycles. The van der Waals surface area contributed by atoms with Crippen molar-refractivity contribution < 1.29 is 9.21 Å². The van der Waals surface area contributed by atoms with Crippen molar-refractivity contribution in [1.82, 2.24) is 39.7 Å². The first kappa shape index (κ1) is 18.9. The lowest BCUT2D eigenvalue weighted by Gasteiger charge is -2.32. The summed E-state index contributed by atoms with van der Waals surface area (Å²) >= 11 is 3.56. The van der Waals surface area contributed by atoms with Crippen LogP contribution in [0, 0.1) is 0 Å². The van der Waals surface area contributed by atoms with Crippen LogP contribution in [0.15, 0.2) is 64.0 Å². The van der Waals surface area contributed by atoms with Gasteiger partial charge in [0.05, 0.1) is 23.2 Å². The minimum Gasteiger partial charge on any atom is -0.411 e. The Hall–Kier alpha value is -3.86. The van der Waals surface area contributed by atoms with Crippen molar-refractivity contribution in [1.29, 1.82) is 0 Å². The first-order chi connectivity index (χ1) is 15.7. The van der Waals surface area contributed by atoms with Gasteiger partial charge in [0.1, 0.15) is 11.7 Å². The lowest BCUT2D eigenvalue weighted by Crippen LogP contribution is -2.41. The molecule has 10 nitrogen and oxygen atoms in total. The van der Waals surface area contributed by atoms with E-state index in [1.807, 2.05) is 30.5 Å². The van der Waals surface area contributed by atoms with Crippen LogP contribution < -0.4 is 0 Å². The summed E-state index contributed by atoms with van der Waals surface area (Å²) in [5.41, 5.74) is 3.84. The van der Waals surface area contributed by atoms with E-state index in [9.17, 15) is 4.79 Å². The Morgan fingerprint density at radius 2 is 2.12 bits per heavy atom. The van der Waals surface area contributed by atoms with Crippen LogP contribution in [0.2, 0.25) is 0 Å². The number of hydrogen-bond acceptors (Lipinski definition) is 7. The predicted octanol–water partition coefficient (Wildman–Crippen LogP) is 3.05. The monoisotopic (exact) mass is 490 g/mol. The number of carbonyl (C=O) groups is 1. The fourth-order valence-corrected chi connectivity index (χ4v) is 4.40. The lowest BCUT2D eigenvalue weighted by molar-refractivity contribution is 0.0646. The van der Waals surface area contributed by atoms with Crippen LogP contribution >= 0.6 is 15.9 Å². The summed E-state index contributed by atoms with van der Waals surface area (Å²) in [5.74, 6) is -0.284. The molecule has 1 amide bonds. The number of H-pyrrole nitrogens is 1. The molecule has 0 radical (unpaired) electrons. The summed E-state index contributed by atoms with van der Waals surface area (Å²) in [6, 6.07) is 10.7. The van der Waals surface area contributed by atoms with Crippen LogP contribution in [0.3, 0.4) is 0 Å². The number of aromatic nitrogens is 7. The highest BCUT2D eigenvalue weighted by molar-refractivity contribution is 9.10. The van der Waals surface area contributed by atoms with E-state index < -0.39 is 6.04 Å². The van der Waals surface area contributed by atoms with Gasteiger partial charge in [-0.1, -0.05) is 6.07 Å². The molecule has 1 aliphatic rings. The number of hydrogen-bond donors (Lipinski definition) is 1. The van der Waals surface area contributed by atoms with Crippen molar-refractivity contribution in [2.24, 2.45) is 0 Å². The third-order valence-corrected chi connectivity index (χ3v) is 6.10. The van der Waals surface area contributed by atoms with E-state index in [4.69, 9.17) is 9.52 Å². The Kier molecular flexibility index (Phi) is 4.35. The molecule has 0 fully saturated rings. The fraction of sp³-hybridized carbons (Fsp3) is 0.143. The van der Waals surface area contributed by atoms with Crippen LogP contribution in [-0.4, -0.2) is 52.1 Å². The average molecular weight is 491 g/mol. The number of amides is 1. The van der Waals surface area contributed by atoms with Gasteiger partial charge in [-0.3, -0.25) is 9.78 Å². The highest BCUT2D eigenvalue weighted by Gasteiger charge is 2.38. The maximum Gasteiger partial charge on any atom is 0.312 e. The van der Waals surface area contributed by atoms with Crippen molar-refractivity contribution in [3.8, 4) is 11.6 Å². The number of nitrogens with one attached hydrogen (secondary N) is 1. The number of pyridine rings is 2. The van der Waals surface area contributed by atoms with E-state index in [-0.39, 0.29) is 17.7 Å². The Balaban J connectivity index is 1.41. The molecule has 5 aromatic rings. The van der Waals surface area contributed by atoms with Gasteiger partial charge in [0.15, 0.2) is 0 Å². The molecule has 0 aromatic carbocycles. The summed E-state index contributed by atoms with van der Waals surface area (Å²) in [6.45, 7) is 0.453. The fourth-order valence-electron chi connectivity index (χ4n) is 3.95. The zero-order chi connectivity index (χ0) is 21.7. The first-order valence-electron chi connectivity index (χ1n) is 9.91. The SMILES string of the molecule is O=C(c1nnc(-c2ccccn2)o1)N1CCc2[nH]cnc2C1c1cc2c(Br)cccn2n1. The third-order valence-electron chi connectivity index (χ3n) is 5.43. The Morgan fingerprint density at radius 1 is 1.19 bits per heavy atom. The molecule has 158 valence electrons. The molecule has 0 bridgehead atoms. The van der Waals surface area contributed by atoms with Gasteiger partial charge >= 0.3 is 11.8 Å². The van der Waals surface area contributed by atoms with Crippen molar-refractivity contribution >= 4 is 27.4 Å². The Labute approximate surface area is 189 Å². The normalized spacial score (nSPS) is 15.8. The maximum absolute atomic E-state index is 13.5. The summed E-state index contributed by atoms with van der Waals surface area (Å²) in [5, 5.41) is 12.7. The van der Waals surface area contributed by atoms with E-state index in [1.54, 1.807) is 34.1 Å². The summed E-state index contributed by atoms with van der Waals surface area (Å²) < 4.78 is 8.36. The Bertz CT molecular complexity index is 1440. The summed E-state index contributed by atoms with van der Waals surface area (Å²) in [4.78, 5) is 27.0. The van der Waals surface area contributed by atoms with Crippen LogP contribution in [-0.2, 0) is 6.42 Å². The average Bonchev–Trinajstić information content (AvgIpc) is 3.58. The van der Waals surface area contributed by atoms with E-state index in [0.717, 1.165) is 21.4 Å². The second-order valence-electron chi connectivity index (χ2n) is 7.30. The lowest BCUT2D eigenvalue weighted by atomic mass is 9.99. The van der Waals surface area contributed by atoms with E-state index in [1.165, 1.54) is 0 Å². The number of halogens is 1. The van der Waals surface area contributed by atoms with Gasteiger partial charge in [-0.05, 0) is 46.3 Å². The number of rotatable bonds is 3. The third kappa shape index (κ3) is 3.01. The zero-order valence-electron chi connectivity index (χ0n) is 16.5. The Morgan fingerprint density at radius 3 is 2.97 bits per heavy atom. The predicted molar refractivity (Wildman–Crippen MR) is 116 cm³/mol.